The van der Waals surface area contributed by atoms with Gasteiger partial charge in [-0.25, -0.2) is 0 Å². The van der Waals surface area contributed by atoms with E-state index in [-0.39, 0.29) is 0 Å². The molecule has 0 saturated heterocycles. The average molecular weight is 266 g/mol. The molecule has 0 unspecified atom stereocenters. The van der Waals surface area contributed by atoms with E-state index in [1.54, 1.807) is 4.73 Å². The fraction of sp³-hybridized carbons (Fsp3) is 0.688. The van der Waals surface area contributed by atoms with Crippen molar-refractivity contribution in [2.75, 3.05) is 13.2 Å². The lowest BCUT2D eigenvalue weighted by Gasteiger charge is -2.02. The van der Waals surface area contributed by atoms with Crippen LogP contribution in [0.25, 0.3) is 0 Å². The lowest BCUT2D eigenvalue weighted by molar-refractivity contribution is -0.891. The fourth-order valence-electron chi connectivity index (χ4n) is 1.94. The minimum absolute atomic E-state index is 0.651. The fourth-order valence-corrected chi connectivity index (χ4v) is 1.94. The minimum atomic E-state index is 0.651. The van der Waals surface area contributed by atoms with Crippen LogP contribution < -0.4 is 9.57 Å². The summed E-state index contributed by atoms with van der Waals surface area (Å²) in [7, 11) is 0. The van der Waals surface area contributed by atoms with Crippen LogP contribution in [0.4, 0.5) is 0 Å². The van der Waals surface area contributed by atoms with Gasteiger partial charge in [0.25, 0.3) is 0 Å². The molecule has 3 heteroatoms. The van der Waals surface area contributed by atoms with Gasteiger partial charge in [-0.05, 0) is 25.8 Å². The molecule has 0 amide bonds. The zero-order chi connectivity index (χ0) is 13.8. The van der Waals surface area contributed by atoms with Gasteiger partial charge in [-0.15, -0.1) is 0 Å². The Kier molecular flexibility index (Phi) is 9.07. The van der Waals surface area contributed by atoms with Crippen molar-refractivity contribution in [1.82, 2.24) is 0 Å². The van der Waals surface area contributed by atoms with Crippen molar-refractivity contribution in [3.05, 3.63) is 30.1 Å². The van der Waals surface area contributed by atoms with E-state index in [0.29, 0.717) is 6.61 Å². The van der Waals surface area contributed by atoms with E-state index in [4.69, 9.17) is 9.57 Å². The van der Waals surface area contributed by atoms with E-state index < -0.39 is 0 Å². The van der Waals surface area contributed by atoms with E-state index in [2.05, 4.69) is 13.0 Å². The van der Waals surface area contributed by atoms with Crippen LogP contribution in [-0.4, -0.2) is 13.2 Å². The van der Waals surface area contributed by atoms with Crippen LogP contribution in [0.1, 0.15) is 57.9 Å². The van der Waals surface area contributed by atoms with Crippen LogP contribution in [0.15, 0.2) is 24.5 Å². The van der Waals surface area contributed by atoms with Crippen LogP contribution in [0, 0.1) is 0 Å². The number of nitrogens with zero attached hydrogens (tertiary/aromatic N) is 1. The van der Waals surface area contributed by atoms with Crippen molar-refractivity contribution >= 4 is 0 Å². The number of ether oxygens (including phenoxy) is 1. The van der Waals surface area contributed by atoms with Crippen LogP contribution >= 0.6 is 0 Å². The zero-order valence-corrected chi connectivity index (χ0v) is 12.4. The Labute approximate surface area is 117 Å². The van der Waals surface area contributed by atoms with Gasteiger partial charge in [-0.3, -0.25) is 4.84 Å². The lowest BCUT2D eigenvalue weighted by atomic mass is 10.1. The monoisotopic (exact) mass is 266 g/mol. The zero-order valence-electron chi connectivity index (χ0n) is 12.4. The van der Waals surface area contributed by atoms with Gasteiger partial charge < -0.3 is 4.74 Å². The third kappa shape index (κ3) is 7.83. The highest BCUT2D eigenvalue weighted by Crippen LogP contribution is 2.04. The molecule has 19 heavy (non-hydrogen) atoms. The molecule has 0 atom stereocenters. The highest BCUT2D eigenvalue weighted by Gasteiger charge is 2.03. The largest absolute Gasteiger partial charge is 0.377 e. The molecule has 1 rings (SSSR count). The molecule has 0 saturated carbocycles. The van der Waals surface area contributed by atoms with E-state index in [9.17, 15) is 0 Å². The van der Waals surface area contributed by atoms with Crippen LogP contribution in [0.2, 0.25) is 0 Å². The van der Waals surface area contributed by atoms with Gasteiger partial charge in [-0.1, -0.05) is 32.6 Å². The Morgan fingerprint density at radius 3 is 2.63 bits per heavy atom. The van der Waals surface area contributed by atoms with E-state index in [1.165, 1.54) is 32.1 Å². The summed E-state index contributed by atoms with van der Waals surface area (Å²) in [6, 6.07) is 4.05. The smallest absolute Gasteiger partial charge is 0.227 e. The maximum absolute atomic E-state index is 5.69. The quantitative estimate of drug-likeness (QED) is 0.453. The molecule has 3 nitrogen and oxygen atoms in total. The Balaban J connectivity index is 2.14. The van der Waals surface area contributed by atoms with Crippen molar-refractivity contribution in [1.29, 1.82) is 0 Å². The predicted octanol–water partition coefficient (Wildman–Crippen LogP) is 3.30. The molecule has 1 aromatic heterocycles. The Morgan fingerprint density at radius 2 is 1.84 bits per heavy atom. The van der Waals surface area contributed by atoms with Crippen molar-refractivity contribution in [2.45, 2.75) is 59.0 Å². The molecule has 0 aromatic carbocycles. The van der Waals surface area contributed by atoms with Crippen LogP contribution in [0.5, 0.6) is 0 Å². The molecule has 0 N–H and O–H groups in total. The number of hydrogen-bond donors (Lipinski definition) is 0. The van der Waals surface area contributed by atoms with Gasteiger partial charge in [0.2, 0.25) is 12.4 Å². The second-order valence-electron chi connectivity index (χ2n) is 4.81. The highest BCUT2D eigenvalue weighted by molar-refractivity contribution is 5.03. The summed E-state index contributed by atoms with van der Waals surface area (Å²) >= 11 is 0. The van der Waals surface area contributed by atoms with Crippen molar-refractivity contribution in [3.8, 4) is 0 Å². The van der Waals surface area contributed by atoms with Crippen LogP contribution in [0.3, 0.4) is 0 Å². The Bertz CT molecular complexity index is 328. The number of unbranched alkanes of at least 4 members (excludes halogenated alkanes) is 5. The standard InChI is InChI=1S/C16H28NO2/c1-3-5-6-7-8-9-13-19-17-12-10-11-16(14-17)15-18-4-2/h10-12,14H,3-9,13,15H2,1-2H3/q+1. The molecule has 0 bridgehead atoms. The first kappa shape index (κ1) is 16.0. The summed E-state index contributed by atoms with van der Waals surface area (Å²) < 4.78 is 7.18. The van der Waals surface area contributed by atoms with Gasteiger partial charge in [0.1, 0.15) is 0 Å². The topological polar surface area (TPSA) is 22.3 Å². The second-order valence-corrected chi connectivity index (χ2v) is 4.81. The van der Waals surface area contributed by atoms with Crippen molar-refractivity contribution in [3.63, 3.8) is 0 Å². The minimum Gasteiger partial charge on any atom is -0.377 e. The van der Waals surface area contributed by atoms with Gasteiger partial charge in [0.15, 0.2) is 6.61 Å². The van der Waals surface area contributed by atoms with Crippen molar-refractivity contribution < 1.29 is 14.3 Å². The normalized spacial score (nSPS) is 10.6. The van der Waals surface area contributed by atoms with Gasteiger partial charge >= 0.3 is 0 Å². The summed E-state index contributed by atoms with van der Waals surface area (Å²) in [6.45, 7) is 6.43. The molecular weight excluding hydrogens is 238 g/mol. The molecule has 0 aliphatic heterocycles. The number of rotatable bonds is 11. The highest BCUT2D eigenvalue weighted by atomic mass is 16.7. The summed E-state index contributed by atoms with van der Waals surface area (Å²) in [6.07, 6.45) is 11.7. The molecule has 0 spiro atoms. The predicted molar refractivity (Wildman–Crippen MR) is 76.8 cm³/mol. The Morgan fingerprint density at radius 1 is 1.05 bits per heavy atom. The second kappa shape index (κ2) is 10.8. The summed E-state index contributed by atoms with van der Waals surface area (Å²) in [5.41, 5.74) is 1.15. The SMILES string of the molecule is CCCCCCCCO[n+]1cccc(COCC)c1. The van der Waals surface area contributed by atoms with Crippen molar-refractivity contribution in [2.24, 2.45) is 0 Å². The van der Waals surface area contributed by atoms with Gasteiger partial charge in [0, 0.05) is 23.0 Å². The first-order valence-electron chi connectivity index (χ1n) is 7.58. The van der Waals surface area contributed by atoms with Gasteiger partial charge in [-0.2, -0.15) is 0 Å². The van der Waals surface area contributed by atoms with E-state index in [1.807, 2.05) is 25.4 Å². The first-order valence-corrected chi connectivity index (χ1v) is 7.58. The molecule has 108 valence electrons. The lowest BCUT2D eigenvalue weighted by Crippen LogP contribution is -2.42. The maximum Gasteiger partial charge on any atom is 0.227 e. The average Bonchev–Trinajstić information content (AvgIpc) is 2.44. The third-order valence-corrected chi connectivity index (χ3v) is 3.05. The van der Waals surface area contributed by atoms with E-state index in [0.717, 1.165) is 25.2 Å². The summed E-state index contributed by atoms with van der Waals surface area (Å²) in [4.78, 5) is 5.69. The van der Waals surface area contributed by atoms with Gasteiger partial charge in [0.05, 0.1) is 6.61 Å². The third-order valence-electron chi connectivity index (χ3n) is 3.05. The molecular formula is C16H28NO2+. The van der Waals surface area contributed by atoms with E-state index >= 15 is 0 Å². The molecule has 0 fully saturated rings. The summed E-state index contributed by atoms with van der Waals surface area (Å²) in [5, 5.41) is 0. The number of aromatic nitrogens is 1. The summed E-state index contributed by atoms with van der Waals surface area (Å²) in [5.74, 6) is 0. The number of hydrogen-bond acceptors (Lipinski definition) is 2. The van der Waals surface area contributed by atoms with Crippen LogP contribution in [-0.2, 0) is 11.3 Å². The molecule has 0 aliphatic carbocycles. The Hall–Kier alpha value is -1.09. The molecule has 1 aromatic rings. The maximum atomic E-state index is 5.69. The number of pyridine rings is 1. The molecule has 1 heterocycles. The molecule has 0 aliphatic rings. The molecule has 0 radical (unpaired) electrons. The first-order chi connectivity index (χ1) is 9.36.